The lowest BCUT2D eigenvalue weighted by Gasteiger charge is -2.01. The second-order valence-corrected chi connectivity index (χ2v) is 3.99. The van der Waals surface area contributed by atoms with Crippen molar-refractivity contribution >= 4 is 22.8 Å². The predicted octanol–water partition coefficient (Wildman–Crippen LogP) is 3.35. The molecule has 0 aliphatic rings. The molecule has 4 heteroatoms. The number of benzene rings is 1. The SMILES string of the molecule is Clc1ccc2ncc(-c3ccccc3)nc2n1. The van der Waals surface area contributed by atoms with Crippen LogP contribution in [0.25, 0.3) is 22.4 Å². The van der Waals surface area contributed by atoms with E-state index in [1.165, 1.54) is 0 Å². The Labute approximate surface area is 103 Å². The zero-order valence-corrected chi connectivity index (χ0v) is 9.59. The van der Waals surface area contributed by atoms with E-state index in [2.05, 4.69) is 15.0 Å². The second-order valence-electron chi connectivity index (χ2n) is 3.60. The van der Waals surface area contributed by atoms with Crippen LogP contribution in [0.4, 0.5) is 0 Å². The topological polar surface area (TPSA) is 38.7 Å². The first-order valence-electron chi connectivity index (χ1n) is 5.18. The Morgan fingerprint density at radius 2 is 1.71 bits per heavy atom. The number of fused-ring (bicyclic) bond motifs is 1. The molecular formula is C13H8ClN3. The maximum Gasteiger partial charge on any atom is 0.180 e. The monoisotopic (exact) mass is 241 g/mol. The van der Waals surface area contributed by atoms with E-state index in [1.807, 2.05) is 36.4 Å². The van der Waals surface area contributed by atoms with E-state index in [1.54, 1.807) is 12.3 Å². The van der Waals surface area contributed by atoms with Crippen LogP contribution in [-0.2, 0) is 0 Å². The predicted molar refractivity (Wildman–Crippen MR) is 67.8 cm³/mol. The fraction of sp³-hybridized carbons (Fsp3) is 0. The zero-order valence-electron chi connectivity index (χ0n) is 8.84. The molecule has 0 N–H and O–H groups in total. The van der Waals surface area contributed by atoms with Gasteiger partial charge in [0.05, 0.1) is 11.9 Å². The van der Waals surface area contributed by atoms with E-state index in [-0.39, 0.29) is 0 Å². The number of aromatic nitrogens is 3. The summed E-state index contributed by atoms with van der Waals surface area (Å²) in [5, 5.41) is 0.428. The van der Waals surface area contributed by atoms with Gasteiger partial charge < -0.3 is 0 Å². The highest BCUT2D eigenvalue weighted by Crippen LogP contribution is 2.18. The Morgan fingerprint density at radius 3 is 2.53 bits per heavy atom. The number of halogens is 1. The average Bonchev–Trinajstić information content (AvgIpc) is 2.39. The Balaban J connectivity index is 2.19. The standard InChI is InChI=1S/C13H8ClN3/c14-12-7-6-10-13(17-12)16-11(8-15-10)9-4-2-1-3-5-9/h1-8H. The maximum absolute atomic E-state index is 5.84. The van der Waals surface area contributed by atoms with Gasteiger partial charge in [0, 0.05) is 5.56 Å². The average molecular weight is 242 g/mol. The minimum atomic E-state index is 0.428. The van der Waals surface area contributed by atoms with Crippen molar-refractivity contribution in [2.75, 3.05) is 0 Å². The fourth-order valence-electron chi connectivity index (χ4n) is 1.62. The summed E-state index contributed by atoms with van der Waals surface area (Å²) in [4.78, 5) is 12.9. The Morgan fingerprint density at radius 1 is 0.882 bits per heavy atom. The molecule has 82 valence electrons. The maximum atomic E-state index is 5.84. The first-order chi connectivity index (χ1) is 8.33. The molecule has 0 aliphatic heterocycles. The number of hydrogen-bond donors (Lipinski definition) is 0. The van der Waals surface area contributed by atoms with E-state index >= 15 is 0 Å². The van der Waals surface area contributed by atoms with Gasteiger partial charge in [-0.3, -0.25) is 4.98 Å². The van der Waals surface area contributed by atoms with Crippen LogP contribution in [0.15, 0.2) is 48.7 Å². The van der Waals surface area contributed by atoms with Gasteiger partial charge in [-0.1, -0.05) is 41.9 Å². The number of rotatable bonds is 1. The molecule has 0 aliphatic carbocycles. The molecule has 0 radical (unpaired) electrons. The van der Waals surface area contributed by atoms with E-state index in [0.29, 0.717) is 10.8 Å². The van der Waals surface area contributed by atoms with Crippen molar-refractivity contribution in [2.24, 2.45) is 0 Å². The largest absolute Gasteiger partial charge is 0.251 e. The van der Waals surface area contributed by atoms with E-state index in [9.17, 15) is 0 Å². The van der Waals surface area contributed by atoms with Crippen LogP contribution in [0.3, 0.4) is 0 Å². The molecule has 2 heterocycles. The van der Waals surface area contributed by atoms with Gasteiger partial charge in [0.2, 0.25) is 0 Å². The molecule has 3 rings (SSSR count). The number of pyridine rings is 1. The third-order valence-corrected chi connectivity index (χ3v) is 2.65. The first-order valence-corrected chi connectivity index (χ1v) is 5.55. The van der Waals surface area contributed by atoms with Crippen LogP contribution in [0.5, 0.6) is 0 Å². The summed E-state index contributed by atoms with van der Waals surface area (Å²) in [5.74, 6) is 0. The van der Waals surface area contributed by atoms with Gasteiger partial charge >= 0.3 is 0 Å². The lowest BCUT2D eigenvalue weighted by Crippen LogP contribution is -1.91. The molecular weight excluding hydrogens is 234 g/mol. The Bertz CT molecular complexity index is 668. The summed E-state index contributed by atoms with van der Waals surface area (Å²) in [5.41, 5.74) is 3.13. The summed E-state index contributed by atoms with van der Waals surface area (Å²) >= 11 is 5.84. The summed E-state index contributed by atoms with van der Waals surface area (Å²) < 4.78 is 0. The molecule has 0 saturated heterocycles. The molecule has 0 spiro atoms. The molecule has 0 unspecified atom stereocenters. The highest BCUT2D eigenvalue weighted by Gasteiger charge is 2.03. The van der Waals surface area contributed by atoms with Crippen molar-refractivity contribution in [1.82, 2.24) is 15.0 Å². The van der Waals surface area contributed by atoms with E-state index in [0.717, 1.165) is 16.8 Å². The second kappa shape index (κ2) is 4.11. The first kappa shape index (κ1) is 10.2. The van der Waals surface area contributed by atoms with Gasteiger partial charge in [0.15, 0.2) is 5.65 Å². The molecule has 0 saturated carbocycles. The van der Waals surface area contributed by atoms with Gasteiger partial charge in [-0.15, -0.1) is 0 Å². The molecule has 1 aromatic carbocycles. The summed E-state index contributed by atoms with van der Waals surface area (Å²) in [6, 6.07) is 13.4. The molecule has 0 bridgehead atoms. The molecule has 0 fully saturated rings. The molecule has 3 nitrogen and oxygen atoms in total. The van der Waals surface area contributed by atoms with Gasteiger partial charge in [-0.05, 0) is 12.1 Å². The third kappa shape index (κ3) is 1.97. The minimum absolute atomic E-state index is 0.428. The van der Waals surface area contributed by atoms with Gasteiger partial charge in [-0.25, -0.2) is 9.97 Å². The summed E-state index contributed by atoms with van der Waals surface area (Å²) in [6.07, 6.45) is 1.74. The Kier molecular flexibility index (Phi) is 2.46. The minimum Gasteiger partial charge on any atom is -0.251 e. The van der Waals surface area contributed by atoms with Crippen molar-refractivity contribution in [2.45, 2.75) is 0 Å². The zero-order chi connectivity index (χ0) is 11.7. The third-order valence-electron chi connectivity index (χ3n) is 2.44. The van der Waals surface area contributed by atoms with Crippen molar-refractivity contribution in [1.29, 1.82) is 0 Å². The Hall–Kier alpha value is -2.00. The highest BCUT2D eigenvalue weighted by atomic mass is 35.5. The summed E-state index contributed by atoms with van der Waals surface area (Å²) in [7, 11) is 0. The van der Waals surface area contributed by atoms with Gasteiger partial charge in [-0.2, -0.15) is 0 Å². The quantitative estimate of drug-likeness (QED) is 0.614. The van der Waals surface area contributed by atoms with Crippen LogP contribution in [0.2, 0.25) is 5.15 Å². The van der Waals surface area contributed by atoms with Gasteiger partial charge in [0.25, 0.3) is 0 Å². The van der Waals surface area contributed by atoms with Gasteiger partial charge in [0.1, 0.15) is 10.7 Å². The highest BCUT2D eigenvalue weighted by molar-refractivity contribution is 6.29. The van der Waals surface area contributed by atoms with Crippen molar-refractivity contribution in [3.05, 3.63) is 53.8 Å². The molecule has 2 aromatic heterocycles. The lowest BCUT2D eigenvalue weighted by molar-refractivity contribution is 1.23. The van der Waals surface area contributed by atoms with Crippen molar-refractivity contribution < 1.29 is 0 Å². The van der Waals surface area contributed by atoms with Crippen LogP contribution >= 0.6 is 11.6 Å². The van der Waals surface area contributed by atoms with Crippen LogP contribution < -0.4 is 0 Å². The molecule has 17 heavy (non-hydrogen) atoms. The van der Waals surface area contributed by atoms with Crippen molar-refractivity contribution in [3.8, 4) is 11.3 Å². The number of hydrogen-bond acceptors (Lipinski definition) is 3. The van der Waals surface area contributed by atoms with E-state index in [4.69, 9.17) is 11.6 Å². The van der Waals surface area contributed by atoms with E-state index < -0.39 is 0 Å². The lowest BCUT2D eigenvalue weighted by atomic mass is 10.2. The normalized spacial score (nSPS) is 10.6. The van der Waals surface area contributed by atoms with Crippen LogP contribution in [0.1, 0.15) is 0 Å². The molecule has 3 aromatic rings. The smallest absolute Gasteiger partial charge is 0.180 e. The number of nitrogens with zero attached hydrogens (tertiary/aromatic N) is 3. The summed E-state index contributed by atoms with van der Waals surface area (Å²) in [6.45, 7) is 0. The van der Waals surface area contributed by atoms with Crippen LogP contribution in [-0.4, -0.2) is 15.0 Å². The molecule has 0 atom stereocenters. The van der Waals surface area contributed by atoms with Crippen LogP contribution in [0, 0.1) is 0 Å². The van der Waals surface area contributed by atoms with Crippen molar-refractivity contribution in [3.63, 3.8) is 0 Å². The molecule has 0 amide bonds. The fourth-order valence-corrected chi connectivity index (χ4v) is 1.77.